The van der Waals surface area contributed by atoms with Gasteiger partial charge in [-0.1, -0.05) is 18.2 Å². The van der Waals surface area contributed by atoms with Crippen LogP contribution in [0.5, 0.6) is 23.0 Å². The van der Waals surface area contributed by atoms with Crippen LogP contribution < -0.4 is 10.2 Å². The Labute approximate surface area is 179 Å². The Bertz CT molecular complexity index is 1250. The SMILES string of the molecule is C=C(CCC=C(C)C)[C@H](O)Cc1c(OC)c(O)cc2oc3cc(O)cc(O)c3c(=O)c12. The van der Waals surface area contributed by atoms with Crippen molar-refractivity contribution in [3.8, 4) is 23.0 Å². The average Bonchev–Trinajstić information content (AvgIpc) is 2.66. The number of allylic oxidation sites excluding steroid dienone is 2. The predicted molar refractivity (Wildman–Crippen MR) is 119 cm³/mol. The van der Waals surface area contributed by atoms with Gasteiger partial charge in [-0.15, -0.1) is 0 Å². The first-order valence-corrected chi connectivity index (χ1v) is 9.84. The van der Waals surface area contributed by atoms with Crippen molar-refractivity contribution in [2.24, 2.45) is 0 Å². The van der Waals surface area contributed by atoms with Crippen molar-refractivity contribution >= 4 is 21.9 Å². The van der Waals surface area contributed by atoms with Crippen LogP contribution >= 0.6 is 0 Å². The van der Waals surface area contributed by atoms with Crippen LogP contribution in [0.4, 0.5) is 0 Å². The summed E-state index contributed by atoms with van der Waals surface area (Å²) in [6.07, 6.45) is 2.29. The van der Waals surface area contributed by atoms with Gasteiger partial charge < -0.3 is 29.6 Å². The molecule has 0 spiro atoms. The lowest BCUT2D eigenvalue weighted by Gasteiger charge is -2.18. The standard InChI is InChI=1S/C24H26O7/c1-12(2)6-5-7-13(3)16(26)10-15-21-20(11-18(28)24(15)30-4)31-19-9-14(25)8-17(27)22(19)23(21)29/h6,8-9,11,16,25-28H,3,5,7,10H2,1-2,4H3/t16-/m1/s1. The van der Waals surface area contributed by atoms with Crippen molar-refractivity contribution < 1.29 is 29.6 Å². The Hall–Kier alpha value is -3.45. The van der Waals surface area contributed by atoms with Crippen molar-refractivity contribution in [2.45, 2.75) is 39.2 Å². The van der Waals surface area contributed by atoms with E-state index in [1.807, 2.05) is 19.9 Å². The van der Waals surface area contributed by atoms with Crippen LogP contribution in [-0.4, -0.2) is 33.6 Å². The summed E-state index contributed by atoms with van der Waals surface area (Å²) >= 11 is 0. The Balaban J connectivity index is 2.17. The van der Waals surface area contributed by atoms with E-state index < -0.39 is 17.3 Å². The van der Waals surface area contributed by atoms with Gasteiger partial charge in [0.05, 0.1) is 18.6 Å². The summed E-state index contributed by atoms with van der Waals surface area (Å²) in [5.41, 5.74) is 1.43. The van der Waals surface area contributed by atoms with E-state index in [1.165, 1.54) is 24.8 Å². The van der Waals surface area contributed by atoms with Crippen LogP contribution in [0.2, 0.25) is 0 Å². The Morgan fingerprint density at radius 3 is 2.45 bits per heavy atom. The largest absolute Gasteiger partial charge is 0.508 e. The van der Waals surface area contributed by atoms with E-state index in [2.05, 4.69) is 6.58 Å². The first-order valence-electron chi connectivity index (χ1n) is 9.84. The molecule has 0 amide bonds. The van der Waals surface area contributed by atoms with Gasteiger partial charge in [0.25, 0.3) is 0 Å². The maximum atomic E-state index is 13.3. The second-order valence-corrected chi connectivity index (χ2v) is 7.75. The molecule has 0 aliphatic rings. The molecule has 2 aromatic carbocycles. The molecule has 1 heterocycles. The number of rotatable bonds is 7. The molecular weight excluding hydrogens is 400 g/mol. The second-order valence-electron chi connectivity index (χ2n) is 7.75. The highest BCUT2D eigenvalue weighted by Gasteiger charge is 2.24. The van der Waals surface area contributed by atoms with Crippen LogP contribution in [-0.2, 0) is 6.42 Å². The molecular formula is C24H26O7. The van der Waals surface area contributed by atoms with Gasteiger partial charge in [0, 0.05) is 30.2 Å². The van der Waals surface area contributed by atoms with Crippen LogP contribution in [0.1, 0.15) is 32.3 Å². The third-order valence-corrected chi connectivity index (χ3v) is 5.15. The number of aliphatic hydroxyl groups is 1. The number of methoxy groups -OCH3 is 1. The topological polar surface area (TPSA) is 120 Å². The molecule has 164 valence electrons. The molecule has 3 rings (SSSR count). The van der Waals surface area contributed by atoms with E-state index in [1.54, 1.807) is 0 Å². The smallest absolute Gasteiger partial charge is 0.204 e. The zero-order valence-electron chi connectivity index (χ0n) is 17.7. The predicted octanol–water partition coefficient (Wildman–Crippen LogP) is 4.28. The van der Waals surface area contributed by atoms with Crippen molar-refractivity contribution in [3.63, 3.8) is 0 Å². The van der Waals surface area contributed by atoms with Gasteiger partial charge in [0.2, 0.25) is 5.43 Å². The minimum absolute atomic E-state index is 0.0304. The van der Waals surface area contributed by atoms with Crippen LogP contribution in [0.25, 0.3) is 21.9 Å². The molecule has 7 nitrogen and oxygen atoms in total. The molecule has 7 heteroatoms. The summed E-state index contributed by atoms with van der Waals surface area (Å²) < 4.78 is 11.0. The van der Waals surface area contributed by atoms with Gasteiger partial charge in [-0.05, 0) is 32.3 Å². The fourth-order valence-corrected chi connectivity index (χ4v) is 3.62. The van der Waals surface area contributed by atoms with E-state index in [9.17, 15) is 25.2 Å². The van der Waals surface area contributed by atoms with E-state index >= 15 is 0 Å². The average molecular weight is 426 g/mol. The molecule has 0 aliphatic heterocycles. The Morgan fingerprint density at radius 1 is 1.13 bits per heavy atom. The maximum Gasteiger partial charge on any atom is 0.204 e. The summed E-state index contributed by atoms with van der Waals surface area (Å²) in [5.74, 6) is -0.934. The number of hydrogen-bond donors (Lipinski definition) is 4. The number of aromatic hydroxyl groups is 3. The first kappa shape index (κ1) is 22.2. The zero-order chi connectivity index (χ0) is 22.9. The number of hydrogen-bond acceptors (Lipinski definition) is 7. The molecule has 0 radical (unpaired) electrons. The monoisotopic (exact) mass is 426 g/mol. The fourth-order valence-electron chi connectivity index (χ4n) is 3.62. The Kier molecular flexibility index (Phi) is 6.27. The normalized spacial score (nSPS) is 12.1. The molecule has 0 bridgehead atoms. The quantitative estimate of drug-likeness (QED) is 0.329. The van der Waals surface area contributed by atoms with Crippen molar-refractivity contribution in [2.75, 3.05) is 7.11 Å². The molecule has 0 aliphatic carbocycles. The van der Waals surface area contributed by atoms with Crippen molar-refractivity contribution in [3.05, 3.63) is 57.8 Å². The van der Waals surface area contributed by atoms with Crippen LogP contribution in [0.15, 0.2) is 51.2 Å². The number of phenols is 3. The third-order valence-electron chi connectivity index (χ3n) is 5.15. The van der Waals surface area contributed by atoms with E-state index in [0.717, 1.165) is 12.5 Å². The molecule has 3 aromatic rings. The van der Waals surface area contributed by atoms with Crippen LogP contribution in [0, 0.1) is 0 Å². The fraction of sp³-hybridized carbons (Fsp3) is 0.292. The van der Waals surface area contributed by atoms with Crippen molar-refractivity contribution in [1.29, 1.82) is 0 Å². The van der Waals surface area contributed by atoms with Gasteiger partial charge >= 0.3 is 0 Å². The summed E-state index contributed by atoms with van der Waals surface area (Å²) in [5, 5.41) is 41.0. The molecule has 0 saturated carbocycles. The van der Waals surface area contributed by atoms with Crippen LogP contribution in [0.3, 0.4) is 0 Å². The second kappa shape index (κ2) is 8.73. The molecule has 1 atom stereocenters. The summed E-state index contributed by atoms with van der Waals surface area (Å²) in [6.45, 7) is 7.93. The third kappa shape index (κ3) is 4.36. The van der Waals surface area contributed by atoms with E-state index in [4.69, 9.17) is 9.15 Å². The zero-order valence-corrected chi connectivity index (χ0v) is 17.7. The first-order chi connectivity index (χ1) is 14.6. The molecule has 0 saturated heterocycles. The molecule has 0 fully saturated rings. The molecule has 1 aromatic heterocycles. The van der Waals surface area contributed by atoms with E-state index in [0.29, 0.717) is 12.0 Å². The van der Waals surface area contributed by atoms with Gasteiger partial charge in [-0.2, -0.15) is 0 Å². The lowest BCUT2D eigenvalue weighted by atomic mass is 9.94. The lowest BCUT2D eigenvalue weighted by molar-refractivity contribution is 0.206. The number of phenolic OH excluding ortho intramolecular Hbond substituents is 3. The highest BCUT2D eigenvalue weighted by atomic mass is 16.5. The van der Waals surface area contributed by atoms with Gasteiger partial charge in [0.15, 0.2) is 11.5 Å². The van der Waals surface area contributed by atoms with Gasteiger partial charge in [-0.3, -0.25) is 4.79 Å². The summed E-state index contributed by atoms with van der Waals surface area (Å²) in [7, 11) is 1.35. The molecule has 4 N–H and O–H groups in total. The number of ether oxygens (including phenoxy) is 1. The number of fused-ring (bicyclic) bond motifs is 2. The molecule has 31 heavy (non-hydrogen) atoms. The maximum absolute atomic E-state index is 13.3. The molecule has 0 unspecified atom stereocenters. The summed E-state index contributed by atoms with van der Waals surface area (Å²) in [6, 6.07) is 3.48. The minimum atomic E-state index is -0.993. The highest BCUT2D eigenvalue weighted by molar-refractivity contribution is 5.96. The van der Waals surface area contributed by atoms with Crippen molar-refractivity contribution in [1.82, 2.24) is 0 Å². The lowest BCUT2D eigenvalue weighted by Crippen LogP contribution is -2.16. The minimum Gasteiger partial charge on any atom is -0.508 e. The van der Waals surface area contributed by atoms with Gasteiger partial charge in [-0.25, -0.2) is 0 Å². The Morgan fingerprint density at radius 2 is 1.81 bits per heavy atom. The van der Waals surface area contributed by atoms with Gasteiger partial charge in [0.1, 0.15) is 28.1 Å². The number of benzene rings is 2. The number of aliphatic hydroxyl groups excluding tert-OH is 1. The van der Waals surface area contributed by atoms with E-state index in [-0.39, 0.29) is 51.2 Å². The summed E-state index contributed by atoms with van der Waals surface area (Å²) in [4.78, 5) is 13.3. The highest BCUT2D eigenvalue weighted by Crippen LogP contribution is 2.39.